The summed E-state index contributed by atoms with van der Waals surface area (Å²) in [5.41, 5.74) is 1.76. The quantitative estimate of drug-likeness (QED) is 0.720. The van der Waals surface area contributed by atoms with E-state index in [1.807, 2.05) is 60.7 Å². The maximum absolute atomic E-state index is 12.0. The molecule has 6 nitrogen and oxygen atoms in total. The number of rotatable bonds is 7. The molecule has 6 heteroatoms. The molecule has 1 unspecified atom stereocenters. The average molecular weight is 328 g/mol. The molecule has 2 amide bonds. The van der Waals surface area contributed by atoms with Gasteiger partial charge >= 0.3 is 6.09 Å². The third kappa shape index (κ3) is 5.73. The zero-order valence-corrected chi connectivity index (χ0v) is 13.1. The van der Waals surface area contributed by atoms with E-state index in [0.29, 0.717) is 6.54 Å². The van der Waals surface area contributed by atoms with Crippen LogP contribution in [0.5, 0.6) is 0 Å². The van der Waals surface area contributed by atoms with Gasteiger partial charge in [0.05, 0.1) is 6.61 Å². The Bertz CT molecular complexity index is 647. The van der Waals surface area contributed by atoms with Crippen LogP contribution in [0.2, 0.25) is 0 Å². The highest BCUT2D eigenvalue weighted by Crippen LogP contribution is 2.01. The number of hydrogen-bond acceptors (Lipinski definition) is 4. The molecule has 0 aliphatic rings. The molecule has 3 N–H and O–H groups in total. The van der Waals surface area contributed by atoms with Gasteiger partial charge in [0.25, 0.3) is 0 Å². The molecular formula is C18H20N2O4. The van der Waals surface area contributed by atoms with Gasteiger partial charge < -0.3 is 20.5 Å². The van der Waals surface area contributed by atoms with Crippen LogP contribution in [0.1, 0.15) is 11.1 Å². The van der Waals surface area contributed by atoms with E-state index in [1.165, 1.54) is 0 Å². The van der Waals surface area contributed by atoms with Crippen LogP contribution in [0, 0.1) is 0 Å². The highest BCUT2D eigenvalue weighted by Gasteiger charge is 2.20. The number of amides is 2. The van der Waals surface area contributed by atoms with Gasteiger partial charge in [-0.05, 0) is 11.1 Å². The lowest BCUT2D eigenvalue weighted by molar-refractivity contribution is -0.124. The van der Waals surface area contributed by atoms with Gasteiger partial charge in [-0.2, -0.15) is 0 Å². The van der Waals surface area contributed by atoms with Crippen LogP contribution in [0.15, 0.2) is 60.7 Å². The third-order valence-corrected chi connectivity index (χ3v) is 3.31. The Morgan fingerprint density at radius 2 is 1.54 bits per heavy atom. The Kier molecular flexibility index (Phi) is 6.79. The van der Waals surface area contributed by atoms with Gasteiger partial charge in [-0.3, -0.25) is 4.79 Å². The van der Waals surface area contributed by atoms with Crippen LogP contribution >= 0.6 is 0 Å². The summed E-state index contributed by atoms with van der Waals surface area (Å²) in [6.45, 7) is -0.103. The monoisotopic (exact) mass is 328 g/mol. The Hall–Kier alpha value is -2.86. The fourth-order valence-electron chi connectivity index (χ4n) is 2.01. The molecule has 0 fully saturated rings. The molecule has 24 heavy (non-hydrogen) atoms. The van der Waals surface area contributed by atoms with Gasteiger partial charge in [0, 0.05) is 6.54 Å². The van der Waals surface area contributed by atoms with E-state index in [0.717, 1.165) is 11.1 Å². The maximum atomic E-state index is 12.0. The Balaban J connectivity index is 1.77. The first-order chi connectivity index (χ1) is 11.7. The molecule has 1 atom stereocenters. The molecule has 0 spiro atoms. The molecule has 0 saturated heterocycles. The van der Waals surface area contributed by atoms with Crippen molar-refractivity contribution in [1.29, 1.82) is 0 Å². The van der Waals surface area contributed by atoms with Crippen molar-refractivity contribution in [1.82, 2.24) is 10.6 Å². The van der Waals surface area contributed by atoms with Crippen molar-refractivity contribution in [3.05, 3.63) is 71.8 Å². The van der Waals surface area contributed by atoms with E-state index in [1.54, 1.807) is 0 Å². The van der Waals surface area contributed by atoms with E-state index in [-0.39, 0.29) is 6.61 Å². The number of hydrogen-bond donors (Lipinski definition) is 3. The minimum atomic E-state index is -1.06. The molecule has 2 rings (SSSR count). The number of carbonyl (C=O) groups excluding carboxylic acids is 2. The lowest BCUT2D eigenvalue weighted by Gasteiger charge is -2.16. The van der Waals surface area contributed by atoms with Crippen molar-refractivity contribution in [2.75, 3.05) is 6.61 Å². The molecule has 0 aromatic heterocycles. The van der Waals surface area contributed by atoms with Crippen LogP contribution < -0.4 is 10.6 Å². The van der Waals surface area contributed by atoms with Gasteiger partial charge in [0.2, 0.25) is 5.91 Å². The Morgan fingerprint density at radius 1 is 0.958 bits per heavy atom. The van der Waals surface area contributed by atoms with Gasteiger partial charge in [-0.15, -0.1) is 0 Å². The second kappa shape index (κ2) is 9.32. The highest BCUT2D eigenvalue weighted by atomic mass is 16.5. The summed E-state index contributed by atoms with van der Waals surface area (Å²) in [5.74, 6) is -0.474. The standard InChI is InChI=1S/C18H20N2O4/c21-12-16(17(22)19-11-14-7-3-1-4-8-14)20-18(23)24-13-15-9-5-2-6-10-15/h1-10,16,21H,11-13H2,(H,19,22)(H,20,23). The molecule has 0 saturated carbocycles. The van der Waals surface area contributed by atoms with E-state index in [9.17, 15) is 14.7 Å². The van der Waals surface area contributed by atoms with Gasteiger partial charge in [-0.1, -0.05) is 60.7 Å². The SMILES string of the molecule is O=C(NC(CO)C(=O)NCc1ccccc1)OCc1ccccc1. The molecular weight excluding hydrogens is 308 g/mol. The maximum Gasteiger partial charge on any atom is 0.408 e. The number of nitrogens with one attached hydrogen (secondary N) is 2. The van der Waals surface area contributed by atoms with Crippen LogP contribution in [0.4, 0.5) is 4.79 Å². The first-order valence-electron chi connectivity index (χ1n) is 7.58. The predicted molar refractivity (Wildman–Crippen MR) is 88.9 cm³/mol. The van der Waals surface area contributed by atoms with Crippen molar-refractivity contribution in [3.63, 3.8) is 0 Å². The van der Waals surface area contributed by atoms with Gasteiger partial charge in [0.1, 0.15) is 12.6 Å². The van der Waals surface area contributed by atoms with Crippen molar-refractivity contribution in [3.8, 4) is 0 Å². The number of carbonyl (C=O) groups is 2. The van der Waals surface area contributed by atoms with Gasteiger partial charge in [0.15, 0.2) is 0 Å². The van der Waals surface area contributed by atoms with Crippen LogP contribution in [0.25, 0.3) is 0 Å². The van der Waals surface area contributed by atoms with Crippen LogP contribution in [0.3, 0.4) is 0 Å². The topological polar surface area (TPSA) is 87.7 Å². The lowest BCUT2D eigenvalue weighted by Crippen LogP contribution is -2.48. The molecule has 0 radical (unpaired) electrons. The summed E-state index contributed by atoms with van der Waals surface area (Å²) < 4.78 is 5.03. The fraction of sp³-hybridized carbons (Fsp3) is 0.222. The molecule has 0 aliphatic carbocycles. The summed E-state index contributed by atoms with van der Waals surface area (Å²) in [7, 11) is 0. The Labute approximate surface area is 140 Å². The Morgan fingerprint density at radius 3 is 2.12 bits per heavy atom. The average Bonchev–Trinajstić information content (AvgIpc) is 2.64. The van der Waals surface area contributed by atoms with E-state index in [4.69, 9.17) is 4.74 Å². The predicted octanol–water partition coefficient (Wildman–Crippen LogP) is 1.59. The number of benzene rings is 2. The summed E-state index contributed by atoms with van der Waals surface area (Å²) >= 11 is 0. The van der Waals surface area contributed by atoms with Crippen molar-refractivity contribution in [2.45, 2.75) is 19.2 Å². The van der Waals surface area contributed by atoms with Crippen molar-refractivity contribution in [2.24, 2.45) is 0 Å². The minimum absolute atomic E-state index is 0.0937. The molecule has 0 heterocycles. The summed E-state index contributed by atoms with van der Waals surface area (Å²) in [6, 6.07) is 17.5. The first-order valence-corrected chi connectivity index (χ1v) is 7.58. The normalized spacial score (nSPS) is 11.4. The smallest absolute Gasteiger partial charge is 0.408 e. The number of alkyl carbamates (subject to hydrolysis) is 1. The highest BCUT2D eigenvalue weighted by molar-refractivity contribution is 5.85. The summed E-state index contributed by atoms with van der Waals surface area (Å²) in [4.78, 5) is 23.8. The molecule has 2 aromatic carbocycles. The van der Waals surface area contributed by atoms with E-state index < -0.39 is 24.6 Å². The number of aliphatic hydroxyl groups is 1. The fourth-order valence-corrected chi connectivity index (χ4v) is 2.01. The zero-order chi connectivity index (χ0) is 17.2. The molecule has 0 bridgehead atoms. The van der Waals surface area contributed by atoms with Crippen molar-refractivity contribution < 1.29 is 19.4 Å². The van der Waals surface area contributed by atoms with Gasteiger partial charge in [-0.25, -0.2) is 4.79 Å². The first kappa shape index (κ1) is 17.5. The molecule has 126 valence electrons. The van der Waals surface area contributed by atoms with E-state index >= 15 is 0 Å². The van der Waals surface area contributed by atoms with Crippen molar-refractivity contribution >= 4 is 12.0 Å². The summed E-state index contributed by atoms with van der Waals surface area (Å²) in [5, 5.41) is 14.3. The summed E-state index contributed by atoms with van der Waals surface area (Å²) in [6.07, 6.45) is -0.757. The van der Waals surface area contributed by atoms with Crippen LogP contribution in [-0.2, 0) is 22.7 Å². The molecule has 0 aliphatic heterocycles. The zero-order valence-electron chi connectivity index (χ0n) is 13.1. The van der Waals surface area contributed by atoms with E-state index in [2.05, 4.69) is 10.6 Å². The second-order valence-electron chi connectivity index (χ2n) is 5.14. The molecule has 2 aromatic rings. The minimum Gasteiger partial charge on any atom is -0.445 e. The third-order valence-electron chi connectivity index (χ3n) is 3.31. The number of aliphatic hydroxyl groups excluding tert-OH is 1. The lowest BCUT2D eigenvalue weighted by atomic mass is 10.2. The van der Waals surface area contributed by atoms with Crippen LogP contribution in [-0.4, -0.2) is 29.8 Å². The second-order valence-corrected chi connectivity index (χ2v) is 5.14. The largest absolute Gasteiger partial charge is 0.445 e. The number of ether oxygens (including phenoxy) is 1.